The molecule has 5 rings (SSSR count). The lowest BCUT2D eigenvalue weighted by atomic mass is 9.78. The fourth-order valence-electron chi connectivity index (χ4n) is 4.35. The molecule has 0 saturated carbocycles. The maximum atomic E-state index is 13.4. The number of carbonyl (C=O) groups excluding carboxylic acids is 1. The van der Waals surface area contributed by atoms with Gasteiger partial charge < -0.3 is 14.8 Å². The van der Waals surface area contributed by atoms with E-state index in [2.05, 4.69) is 20.4 Å². The smallest absolute Gasteiger partial charge is 0.226 e. The number of rotatable bonds is 4. The number of carbonyl (C=O) groups is 1. The van der Waals surface area contributed by atoms with Crippen molar-refractivity contribution in [2.24, 2.45) is 0 Å². The first-order chi connectivity index (χ1) is 14.7. The minimum Gasteiger partial charge on any atom is -0.493 e. The van der Waals surface area contributed by atoms with Gasteiger partial charge in [0.05, 0.1) is 14.2 Å². The summed E-state index contributed by atoms with van der Waals surface area (Å²) >= 11 is 0. The lowest BCUT2D eigenvalue weighted by Crippen LogP contribution is -2.33. The summed E-state index contributed by atoms with van der Waals surface area (Å²) in [4.78, 5) is 21.8. The topological polar surface area (TPSA) is 91.2 Å². The Labute approximate surface area is 173 Å². The molecule has 1 aliphatic carbocycles. The van der Waals surface area contributed by atoms with Gasteiger partial charge in [-0.25, -0.2) is 4.68 Å². The minimum atomic E-state index is -0.305. The Morgan fingerprint density at radius 3 is 2.60 bits per heavy atom. The molecule has 2 aromatic heterocycles. The van der Waals surface area contributed by atoms with E-state index in [0.717, 1.165) is 22.4 Å². The van der Waals surface area contributed by atoms with Gasteiger partial charge in [0.15, 0.2) is 17.3 Å². The number of methoxy groups -OCH3 is 2. The van der Waals surface area contributed by atoms with Crippen molar-refractivity contribution in [3.05, 3.63) is 71.4 Å². The lowest BCUT2D eigenvalue weighted by molar-refractivity contribution is -0.116. The third-order valence-corrected chi connectivity index (χ3v) is 5.76. The average Bonchev–Trinajstić information content (AvgIpc) is 3.25. The molecule has 0 bridgehead atoms. The van der Waals surface area contributed by atoms with Gasteiger partial charge in [-0.15, -0.1) is 0 Å². The van der Waals surface area contributed by atoms with Crippen molar-refractivity contribution in [3.63, 3.8) is 0 Å². The number of pyridine rings is 1. The Balaban J connectivity index is 1.55. The summed E-state index contributed by atoms with van der Waals surface area (Å²) < 4.78 is 12.6. The van der Waals surface area contributed by atoms with Crippen LogP contribution in [0.25, 0.3) is 0 Å². The number of allylic oxidation sites excluding steroid dienone is 2. The number of hydrogen-bond donors (Lipinski definition) is 1. The highest BCUT2D eigenvalue weighted by molar-refractivity contribution is 6.00. The second-order valence-corrected chi connectivity index (χ2v) is 7.37. The average molecular weight is 403 g/mol. The van der Waals surface area contributed by atoms with E-state index in [1.165, 1.54) is 6.33 Å². The molecule has 1 aromatic carbocycles. The summed E-state index contributed by atoms with van der Waals surface area (Å²) in [5.74, 6) is 2.11. The molecule has 0 amide bonds. The Morgan fingerprint density at radius 1 is 1.03 bits per heavy atom. The van der Waals surface area contributed by atoms with E-state index in [4.69, 9.17) is 9.47 Å². The van der Waals surface area contributed by atoms with Gasteiger partial charge in [-0.05, 0) is 47.7 Å². The highest BCUT2D eigenvalue weighted by atomic mass is 16.5. The molecule has 3 heterocycles. The van der Waals surface area contributed by atoms with Gasteiger partial charge in [-0.1, -0.05) is 6.07 Å². The Bertz CT molecular complexity index is 1140. The van der Waals surface area contributed by atoms with Crippen LogP contribution in [0.1, 0.15) is 35.9 Å². The van der Waals surface area contributed by atoms with Gasteiger partial charge in [0.1, 0.15) is 12.4 Å². The first-order valence-corrected chi connectivity index (χ1v) is 9.74. The summed E-state index contributed by atoms with van der Waals surface area (Å²) in [5, 5.41) is 7.70. The molecule has 3 aromatic rings. The van der Waals surface area contributed by atoms with Crippen LogP contribution >= 0.6 is 0 Å². The summed E-state index contributed by atoms with van der Waals surface area (Å²) in [6.07, 6.45) is 6.08. The molecule has 0 spiro atoms. The molecule has 30 heavy (non-hydrogen) atoms. The van der Waals surface area contributed by atoms with Crippen LogP contribution in [0, 0.1) is 0 Å². The van der Waals surface area contributed by atoms with Crippen molar-refractivity contribution >= 4 is 11.7 Å². The normalized spacial score (nSPS) is 20.3. The van der Waals surface area contributed by atoms with E-state index >= 15 is 0 Å². The van der Waals surface area contributed by atoms with Gasteiger partial charge >= 0.3 is 0 Å². The van der Waals surface area contributed by atoms with E-state index in [1.807, 2.05) is 30.3 Å². The zero-order valence-corrected chi connectivity index (χ0v) is 16.7. The van der Waals surface area contributed by atoms with E-state index < -0.39 is 0 Å². The number of nitrogens with zero attached hydrogens (tertiary/aromatic N) is 4. The van der Waals surface area contributed by atoms with Gasteiger partial charge in [-0.3, -0.25) is 9.78 Å². The van der Waals surface area contributed by atoms with Crippen LogP contribution < -0.4 is 14.8 Å². The Hall–Kier alpha value is -3.68. The van der Waals surface area contributed by atoms with Crippen LogP contribution in [0.15, 0.2) is 60.3 Å². The number of benzene rings is 1. The quantitative estimate of drug-likeness (QED) is 0.716. The standard InChI is InChI=1S/C22H21N5O3/c1-29-18-4-3-14(11-19(18)30-2)15-9-16-20(17(28)10-15)21(13-5-7-23-8-6-13)27-22(26-16)24-12-25-27/h3-8,11-12,15,21H,9-10H2,1-2H3,(H,24,25,26)/t15-,21-/m0/s1. The molecule has 0 saturated heterocycles. The molecular weight excluding hydrogens is 382 g/mol. The zero-order chi connectivity index (χ0) is 20.7. The molecule has 8 heteroatoms. The highest BCUT2D eigenvalue weighted by Gasteiger charge is 2.39. The molecule has 2 atom stereocenters. The van der Waals surface area contributed by atoms with Crippen molar-refractivity contribution in [1.82, 2.24) is 19.7 Å². The second-order valence-electron chi connectivity index (χ2n) is 7.37. The van der Waals surface area contributed by atoms with Gasteiger partial charge in [0.2, 0.25) is 5.95 Å². The summed E-state index contributed by atoms with van der Waals surface area (Å²) in [6.45, 7) is 0. The number of nitrogens with one attached hydrogen (secondary N) is 1. The SMILES string of the molecule is COc1ccc([C@@H]2CC(=O)C3=C(C2)Nc2ncnn2[C@H]3c2ccncc2)cc1OC. The number of fused-ring (bicyclic) bond motifs is 1. The molecule has 0 radical (unpaired) electrons. The lowest BCUT2D eigenvalue weighted by Gasteiger charge is -2.35. The predicted octanol–water partition coefficient (Wildman–Crippen LogP) is 3.11. The molecule has 8 nitrogen and oxygen atoms in total. The molecular formula is C22H21N5O3. The number of aromatic nitrogens is 4. The second kappa shape index (κ2) is 7.29. The van der Waals surface area contributed by atoms with E-state index in [1.54, 1.807) is 31.3 Å². The first kappa shape index (κ1) is 18.4. The third-order valence-electron chi connectivity index (χ3n) is 5.76. The van der Waals surface area contributed by atoms with Crippen LogP contribution in [0.2, 0.25) is 0 Å². The van der Waals surface area contributed by atoms with Crippen LogP contribution in [0.3, 0.4) is 0 Å². The largest absolute Gasteiger partial charge is 0.493 e. The van der Waals surface area contributed by atoms with E-state index in [-0.39, 0.29) is 17.7 Å². The highest BCUT2D eigenvalue weighted by Crippen LogP contribution is 2.44. The van der Waals surface area contributed by atoms with Gasteiger partial charge in [-0.2, -0.15) is 10.1 Å². The molecule has 1 aliphatic heterocycles. The minimum absolute atomic E-state index is 0.0381. The van der Waals surface area contributed by atoms with Crippen molar-refractivity contribution in [3.8, 4) is 11.5 Å². The maximum absolute atomic E-state index is 13.4. The van der Waals surface area contributed by atoms with E-state index in [0.29, 0.717) is 30.3 Å². The first-order valence-electron chi connectivity index (χ1n) is 9.74. The molecule has 0 unspecified atom stereocenters. The van der Waals surface area contributed by atoms with Crippen molar-refractivity contribution in [1.29, 1.82) is 0 Å². The molecule has 2 aliphatic rings. The molecule has 1 N–H and O–H groups in total. The van der Waals surface area contributed by atoms with Crippen molar-refractivity contribution in [2.45, 2.75) is 24.8 Å². The summed E-state index contributed by atoms with van der Waals surface area (Å²) in [5.41, 5.74) is 3.65. The third kappa shape index (κ3) is 2.92. The van der Waals surface area contributed by atoms with Gasteiger partial charge in [0.25, 0.3) is 0 Å². The Kier molecular flexibility index (Phi) is 4.46. The number of ketones is 1. The summed E-state index contributed by atoms with van der Waals surface area (Å²) in [6, 6.07) is 9.36. The van der Waals surface area contributed by atoms with Gasteiger partial charge in [0, 0.05) is 30.1 Å². The van der Waals surface area contributed by atoms with Crippen LogP contribution in [0.5, 0.6) is 11.5 Å². The number of ether oxygens (including phenoxy) is 2. The Morgan fingerprint density at radius 2 is 1.83 bits per heavy atom. The monoisotopic (exact) mass is 403 g/mol. The number of Topliss-reactive ketones (excluding diaryl/α,β-unsaturated/α-hetero) is 1. The van der Waals surface area contributed by atoms with Crippen LogP contribution in [-0.4, -0.2) is 39.8 Å². The fourth-order valence-corrected chi connectivity index (χ4v) is 4.35. The number of hydrogen-bond acceptors (Lipinski definition) is 7. The van der Waals surface area contributed by atoms with E-state index in [9.17, 15) is 4.79 Å². The van der Waals surface area contributed by atoms with Crippen molar-refractivity contribution < 1.29 is 14.3 Å². The molecule has 0 fully saturated rings. The van der Waals surface area contributed by atoms with Crippen LogP contribution in [-0.2, 0) is 4.79 Å². The zero-order valence-electron chi connectivity index (χ0n) is 16.7. The fraction of sp³-hybridized carbons (Fsp3) is 0.273. The van der Waals surface area contributed by atoms with Crippen LogP contribution in [0.4, 0.5) is 5.95 Å². The number of anilines is 1. The summed E-state index contributed by atoms with van der Waals surface area (Å²) in [7, 11) is 3.23. The molecule has 152 valence electrons. The predicted molar refractivity (Wildman–Crippen MR) is 110 cm³/mol. The maximum Gasteiger partial charge on any atom is 0.226 e. The van der Waals surface area contributed by atoms with Crippen molar-refractivity contribution in [2.75, 3.05) is 19.5 Å².